The largest absolute Gasteiger partial charge is 0.350 e. The molecule has 4 heterocycles. The Kier molecular flexibility index (Phi) is 3.85. The molecule has 1 aliphatic heterocycles. The fourth-order valence-corrected chi connectivity index (χ4v) is 4.73. The van der Waals surface area contributed by atoms with Crippen molar-refractivity contribution in [3.8, 4) is 11.6 Å². The molecule has 2 aliphatic rings. The predicted molar refractivity (Wildman–Crippen MR) is 111 cm³/mol. The van der Waals surface area contributed by atoms with E-state index in [2.05, 4.69) is 33.9 Å². The summed E-state index contributed by atoms with van der Waals surface area (Å²) in [6, 6.07) is 5.69. The molecule has 0 unspecified atom stereocenters. The minimum Gasteiger partial charge on any atom is -0.350 e. The van der Waals surface area contributed by atoms with E-state index in [9.17, 15) is 0 Å². The molecule has 3 aromatic heterocycles. The lowest BCUT2D eigenvalue weighted by Gasteiger charge is -2.40. The van der Waals surface area contributed by atoms with Crippen LogP contribution in [0.1, 0.15) is 57.7 Å². The summed E-state index contributed by atoms with van der Waals surface area (Å²) in [4.78, 5) is 16.3. The van der Waals surface area contributed by atoms with Gasteiger partial charge in [0.15, 0.2) is 17.2 Å². The second-order valence-corrected chi connectivity index (χ2v) is 8.62. The second-order valence-electron chi connectivity index (χ2n) is 8.62. The molecule has 1 aromatic carbocycles. The lowest BCUT2D eigenvalue weighted by Crippen LogP contribution is -2.44. The molecule has 2 fully saturated rings. The third-order valence-electron chi connectivity index (χ3n) is 6.45. The van der Waals surface area contributed by atoms with E-state index in [-0.39, 0.29) is 17.9 Å². The molecular formula is C22H23FN6O. The number of halogens is 1. The first kappa shape index (κ1) is 17.8. The molecule has 6 rings (SSSR count). The normalized spacial score (nSPS) is 22.3. The summed E-state index contributed by atoms with van der Waals surface area (Å²) in [5.74, 6) is 1.89. The highest BCUT2D eigenvalue weighted by atomic mass is 19.1. The van der Waals surface area contributed by atoms with Crippen LogP contribution in [0.15, 0.2) is 29.0 Å². The van der Waals surface area contributed by atoms with E-state index < -0.39 is 0 Å². The van der Waals surface area contributed by atoms with Crippen molar-refractivity contribution in [2.45, 2.75) is 64.0 Å². The molecule has 8 heteroatoms. The van der Waals surface area contributed by atoms with E-state index >= 15 is 4.39 Å². The molecule has 0 N–H and O–H groups in total. The van der Waals surface area contributed by atoms with Crippen molar-refractivity contribution in [3.63, 3.8) is 0 Å². The number of rotatable bonds is 3. The Morgan fingerprint density at radius 1 is 1.07 bits per heavy atom. The molecule has 1 saturated heterocycles. The molecule has 4 aromatic rings. The van der Waals surface area contributed by atoms with Crippen LogP contribution in [-0.4, -0.2) is 36.6 Å². The Morgan fingerprint density at radius 3 is 2.63 bits per heavy atom. The summed E-state index contributed by atoms with van der Waals surface area (Å²) in [5, 5.41) is 4.65. The van der Waals surface area contributed by atoms with Crippen LogP contribution < -0.4 is 4.90 Å². The van der Waals surface area contributed by atoms with E-state index in [0.29, 0.717) is 34.4 Å². The van der Waals surface area contributed by atoms with Gasteiger partial charge in [-0.05, 0) is 58.1 Å². The fourth-order valence-electron chi connectivity index (χ4n) is 4.73. The van der Waals surface area contributed by atoms with Crippen molar-refractivity contribution in [2.24, 2.45) is 0 Å². The van der Waals surface area contributed by atoms with Gasteiger partial charge in [0.05, 0.1) is 10.9 Å². The summed E-state index contributed by atoms with van der Waals surface area (Å²) in [6.45, 7) is 4.37. The van der Waals surface area contributed by atoms with Crippen LogP contribution in [0.4, 0.5) is 10.2 Å². The zero-order valence-corrected chi connectivity index (χ0v) is 17.0. The SMILES string of the molecule is C[C@@H]1CCC[C@H](C)N1c1nc2c(-c3nc(C4CC4)no3)ncn2c2cccc(F)c12. The van der Waals surface area contributed by atoms with Gasteiger partial charge in [-0.3, -0.25) is 4.40 Å². The molecule has 1 saturated carbocycles. The van der Waals surface area contributed by atoms with Crippen LogP contribution in [0.2, 0.25) is 0 Å². The molecule has 0 spiro atoms. The number of benzene rings is 1. The fraction of sp³-hybridized carbons (Fsp3) is 0.455. The molecular weight excluding hydrogens is 383 g/mol. The quantitative estimate of drug-likeness (QED) is 0.490. The summed E-state index contributed by atoms with van der Waals surface area (Å²) in [5.41, 5.74) is 1.89. The minimum atomic E-state index is -0.272. The maximum atomic E-state index is 15.1. The highest BCUT2D eigenvalue weighted by molar-refractivity contribution is 5.94. The van der Waals surface area contributed by atoms with Crippen molar-refractivity contribution in [1.82, 2.24) is 24.5 Å². The zero-order valence-electron chi connectivity index (χ0n) is 17.0. The number of hydrogen-bond acceptors (Lipinski definition) is 6. The summed E-state index contributed by atoms with van der Waals surface area (Å²) in [6.07, 6.45) is 7.15. The molecule has 0 bridgehead atoms. The average molecular weight is 406 g/mol. The van der Waals surface area contributed by atoms with Gasteiger partial charge < -0.3 is 9.42 Å². The van der Waals surface area contributed by atoms with Crippen molar-refractivity contribution in [1.29, 1.82) is 0 Å². The van der Waals surface area contributed by atoms with Crippen LogP contribution >= 0.6 is 0 Å². The first-order valence-corrected chi connectivity index (χ1v) is 10.7. The maximum absolute atomic E-state index is 15.1. The predicted octanol–water partition coefficient (Wildman–Crippen LogP) is 4.72. The number of anilines is 1. The second kappa shape index (κ2) is 6.48. The zero-order chi connectivity index (χ0) is 20.4. The number of imidazole rings is 1. The molecule has 1 aliphatic carbocycles. The molecule has 30 heavy (non-hydrogen) atoms. The highest BCUT2D eigenvalue weighted by Crippen LogP contribution is 2.40. The molecule has 154 valence electrons. The Balaban J connectivity index is 1.61. The van der Waals surface area contributed by atoms with E-state index in [1.165, 1.54) is 12.5 Å². The van der Waals surface area contributed by atoms with Crippen LogP contribution in [-0.2, 0) is 0 Å². The number of hydrogen-bond donors (Lipinski definition) is 0. The van der Waals surface area contributed by atoms with Gasteiger partial charge in [-0.2, -0.15) is 4.98 Å². The Labute approximate surface area is 172 Å². The third kappa shape index (κ3) is 2.62. The third-order valence-corrected chi connectivity index (χ3v) is 6.45. The van der Waals surface area contributed by atoms with Gasteiger partial charge >= 0.3 is 0 Å². The average Bonchev–Trinajstić information content (AvgIpc) is 3.30. The van der Waals surface area contributed by atoms with E-state index in [0.717, 1.165) is 37.0 Å². The van der Waals surface area contributed by atoms with E-state index in [4.69, 9.17) is 9.51 Å². The van der Waals surface area contributed by atoms with Gasteiger partial charge in [0.2, 0.25) is 0 Å². The summed E-state index contributed by atoms with van der Waals surface area (Å²) < 4.78 is 22.4. The van der Waals surface area contributed by atoms with Gasteiger partial charge in [-0.15, -0.1) is 0 Å². The van der Waals surface area contributed by atoms with Gasteiger partial charge in [0.1, 0.15) is 18.0 Å². The number of piperidine rings is 1. The van der Waals surface area contributed by atoms with E-state index in [1.807, 2.05) is 10.5 Å². The smallest absolute Gasteiger partial charge is 0.280 e. The Morgan fingerprint density at radius 2 is 1.87 bits per heavy atom. The monoisotopic (exact) mass is 406 g/mol. The minimum absolute atomic E-state index is 0.272. The lowest BCUT2D eigenvalue weighted by molar-refractivity contribution is 0.412. The Bertz CT molecular complexity index is 1250. The molecule has 0 radical (unpaired) electrons. The molecule has 2 atom stereocenters. The van der Waals surface area contributed by atoms with Crippen LogP contribution in [0, 0.1) is 5.82 Å². The van der Waals surface area contributed by atoms with Gasteiger partial charge in [0, 0.05) is 18.0 Å². The molecule has 0 amide bonds. The maximum Gasteiger partial charge on any atom is 0.280 e. The Hall–Kier alpha value is -3.03. The van der Waals surface area contributed by atoms with Crippen molar-refractivity contribution < 1.29 is 8.91 Å². The number of fused-ring (bicyclic) bond motifs is 3. The summed E-state index contributed by atoms with van der Waals surface area (Å²) in [7, 11) is 0. The van der Waals surface area contributed by atoms with Crippen LogP contribution in [0.25, 0.3) is 28.1 Å². The van der Waals surface area contributed by atoms with Gasteiger partial charge in [-0.25, -0.2) is 14.4 Å². The van der Waals surface area contributed by atoms with Crippen molar-refractivity contribution in [2.75, 3.05) is 4.90 Å². The first-order chi connectivity index (χ1) is 14.6. The summed E-state index contributed by atoms with van der Waals surface area (Å²) >= 11 is 0. The van der Waals surface area contributed by atoms with Gasteiger partial charge in [-0.1, -0.05) is 11.2 Å². The molecule has 7 nitrogen and oxygen atoms in total. The van der Waals surface area contributed by atoms with E-state index in [1.54, 1.807) is 12.4 Å². The number of nitrogens with zero attached hydrogens (tertiary/aromatic N) is 6. The first-order valence-electron chi connectivity index (χ1n) is 10.7. The van der Waals surface area contributed by atoms with Gasteiger partial charge in [0.25, 0.3) is 5.89 Å². The van der Waals surface area contributed by atoms with Crippen LogP contribution in [0.3, 0.4) is 0 Å². The van der Waals surface area contributed by atoms with Crippen LogP contribution in [0.5, 0.6) is 0 Å². The highest BCUT2D eigenvalue weighted by Gasteiger charge is 2.32. The lowest BCUT2D eigenvalue weighted by atomic mass is 9.97. The van der Waals surface area contributed by atoms with Crippen molar-refractivity contribution >= 4 is 22.4 Å². The number of aromatic nitrogens is 5. The topological polar surface area (TPSA) is 72.3 Å². The van der Waals surface area contributed by atoms with Crippen molar-refractivity contribution in [3.05, 3.63) is 36.2 Å². The standard InChI is InChI=1S/C22H23FN6O/c1-12-5-3-6-13(2)29(12)20-17-15(23)7-4-8-16(17)28-11-24-18(21(28)26-20)22-25-19(27-30-22)14-9-10-14/h4,7-8,11-14H,3,5-6,9-10H2,1-2H3/t12-,13+.